The molecule has 152 valence electrons. The third-order valence-electron chi connectivity index (χ3n) is 4.48. The molecule has 4 rings (SSSR count). The van der Waals surface area contributed by atoms with Crippen molar-refractivity contribution in [3.05, 3.63) is 71.8 Å². The van der Waals surface area contributed by atoms with Crippen LogP contribution in [0.2, 0.25) is 0 Å². The number of nitrogens with two attached hydrogens (primary N) is 1. The standard InChI is InChI=1S/C21H22N8S/c1-3-15-9-7-8-12-17(15)23-20-25-18(24-19(22)26-20)13-30-21-28-27-14(2)29(21)16-10-5-4-6-11-16/h4-12H,3,13H2,1-2H3,(H3,22,23,24,25,26). The maximum Gasteiger partial charge on any atom is 0.232 e. The number of anilines is 3. The van der Waals surface area contributed by atoms with Gasteiger partial charge in [-0.25, -0.2) is 0 Å². The Labute approximate surface area is 179 Å². The Kier molecular flexibility index (Phi) is 5.89. The number of aryl methyl sites for hydroxylation is 2. The third-order valence-corrected chi connectivity index (χ3v) is 5.41. The van der Waals surface area contributed by atoms with E-state index in [0.717, 1.165) is 28.8 Å². The van der Waals surface area contributed by atoms with Crippen molar-refractivity contribution in [2.45, 2.75) is 31.2 Å². The average Bonchev–Trinajstić information content (AvgIpc) is 3.13. The minimum absolute atomic E-state index is 0.179. The minimum atomic E-state index is 0.179. The number of hydrogen-bond donors (Lipinski definition) is 2. The summed E-state index contributed by atoms with van der Waals surface area (Å²) in [6.07, 6.45) is 0.904. The second kappa shape index (κ2) is 8.91. The van der Waals surface area contributed by atoms with E-state index in [0.29, 0.717) is 17.5 Å². The number of nitrogens with one attached hydrogen (secondary N) is 1. The number of thioether (sulfide) groups is 1. The van der Waals surface area contributed by atoms with Gasteiger partial charge in [0, 0.05) is 11.4 Å². The van der Waals surface area contributed by atoms with E-state index in [1.807, 2.05) is 60.0 Å². The molecule has 0 bridgehead atoms. The summed E-state index contributed by atoms with van der Waals surface area (Å²) >= 11 is 1.50. The zero-order valence-electron chi connectivity index (χ0n) is 16.8. The fourth-order valence-corrected chi connectivity index (χ4v) is 3.92. The van der Waals surface area contributed by atoms with Crippen LogP contribution >= 0.6 is 11.8 Å². The molecule has 0 amide bonds. The minimum Gasteiger partial charge on any atom is -0.368 e. The molecule has 0 unspecified atom stereocenters. The van der Waals surface area contributed by atoms with Crippen LogP contribution < -0.4 is 11.1 Å². The third kappa shape index (κ3) is 4.41. The fraction of sp³-hybridized carbons (Fsp3) is 0.190. The Morgan fingerprint density at radius 3 is 2.53 bits per heavy atom. The van der Waals surface area contributed by atoms with Gasteiger partial charge in [0.2, 0.25) is 11.9 Å². The molecule has 0 aliphatic heterocycles. The number of aromatic nitrogens is 6. The van der Waals surface area contributed by atoms with Gasteiger partial charge in [0.1, 0.15) is 11.6 Å². The molecule has 0 radical (unpaired) electrons. The molecule has 2 aromatic carbocycles. The van der Waals surface area contributed by atoms with Crippen LogP contribution in [0, 0.1) is 6.92 Å². The van der Waals surface area contributed by atoms with Gasteiger partial charge in [-0.05, 0) is 37.1 Å². The molecule has 3 N–H and O–H groups in total. The number of nitrogen functional groups attached to an aromatic ring is 1. The molecule has 0 atom stereocenters. The Bertz CT molecular complexity index is 1140. The molecule has 0 saturated carbocycles. The lowest BCUT2D eigenvalue weighted by molar-refractivity contribution is 0.865. The van der Waals surface area contributed by atoms with Crippen LogP contribution in [-0.4, -0.2) is 29.7 Å². The lowest BCUT2D eigenvalue weighted by Crippen LogP contribution is -2.07. The van der Waals surface area contributed by atoms with Crippen molar-refractivity contribution in [1.29, 1.82) is 0 Å². The van der Waals surface area contributed by atoms with Crippen LogP contribution in [-0.2, 0) is 12.2 Å². The van der Waals surface area contributed by atoms with Gasteiger partial charge in [-0.1, -0.05) is 55.1 Å². The van der Waals surface area contributed by atoms with Crippen LogP contribution in [0.1, 0.15) is 24.1 Å². The monoisotopic (exact) mass is 418 g/mol. The molecule has 2 heterocycles. The summed E-state index contributed by atoms with van der Waals surface area (Å²) in [5, 5.41) is 12.5. The molecular weight excluding hydrogens is 396 g/mol. The summed E-state index contributed by atoms with van der Waals surface area (Å²) in [4.78, 5) is 13.0. The van der Waals surface area contributed by atoms with E-state index in [9.17, 15) is 0 Å². The Hall–Kier alpha value is -3.46. The van der Waals surface area contributed by atoms with Crippen LogP contribution in [0.4, 0.5) is 17.6 Å². The van der Waals surface area contributed by atoms with E-state index >= 15 is 0 Å². The van der Waals surface area contributed by atoms with E-state index in [4.69, 9.17) is 5.73 Å². The molecule has 0 aliphatic rings. The van der Waals surface area contributed by atoms with Crippen LogP contribution in [0.3, 0.4) is 0 Å². The average molecular weight is 419 g/mol. The van der Waals surface area contributed by atoms with Gasteiger partial charge in [-0.2, -0.15) is 15.0 Å². The topological polar surface area (TPSA) is 107 Å². The van der Waals surface area contributed by atoms with Crippen LogP contribution in [0.25, 0.3) is 5.69 Å². The maximum atomic E-state index is 5.93. The number of hydrogen-bond acceptors (Lipinski definition) is 8. The van der Waals surface area contributed by atoms with Crippen molar-refractivity contribution < 1.29 is 0 Å². The molecule has 9 heteroatoms. The quantitative estimate of drug-likeness (QED) is 0.435. The second-order valence-electron chi connectivity index (χ2n) is 6.56. The van der Waals surface area contributed by atoms with Gasteiger partial charge in [0.25, 0.3) is 0 Å². The van der Waals surface area contributed by atoms with E-state index in [2.05, 4.69) is 43.5 Å². The van der Waals surface area contributed by atoms with Crippen molar-refractivity contribution >= 4 is 29.3 Å². The number of para-hydroxylation sites is 2. The zero-order valence-corrected chi connectivity index (χ0v) is 17.6. The molecule has 0 aliphatic carbocycles. The lowest BCUT2D eigenvalue weighted by atomic mass is 10.1. The largest absolute Gasteiger partial charge is 0.368 e. The van der Waals surface area contributed by atoms with Crippen LogP contribution in [0.15, 0.2) is 59.8 Å². The van der Waals surface area contributed by atoms with Gasteiger partial charge in [-0.3, -0.25) is 4.57 Å². The van der Waals surface area contributed by atoms with E-state index in [1.54, 1.807) is 0 Å². The Morgan fingerprint density at radius 2 is 1.73 bits per heavy atom. The predicted octanol–water partition coefficient (Wildman–Crippen LogP) is 3.94. The zero-order chi connectivity index (χ0) is 20.9. The highest BCUT2D eigenvalue weighted by atomic mass is 32.2. The van der Waals surface area contributed by atoms with E-state index in [1.165, 1.54) is 17.3 Å². The van der Waals surface area contributed by atoms with Gasteiger partial charge >= 0.3 is 0 Å². The Balaban J connectivity index is 1.54. The molecule has 0 spiro atoms. The molecule has 4 aromatic rings. The number of rotatable bonds is 7. The van der Waals surface area contributed by atoms with Crippen LogP contribution in [0.5, 0.6) is 0 Å². The highest BCUT2D eigenvalue weighted by Gasteiger charge is 2.13. The lowest BCUT2D eigenvalue weighted by Gasteiger charge is -2.11. The molecule has 0 saturated heterocycles. The number of nitrogens with zero attached hydrogens (tertiary/aromatic N) is 6. The predicted molar refractivity (Wildman–Crippen MR) is 119 cm³/mol. The first-order valence-electron chi connectivity index (χ1n) is 9.59. The van der Waals surface area contributed by atoms with Gasteiger partial charge < -0.3 is 11.1 Å². The van der Waals surface area contributed by atoms with Crippen molar-refractivity contribution in [2.24, 2.45) is 0 Å². The van der Waals surface area contributed by atoms with Crippen molar-refractivity contribution in [3.63, 3.8) is 0 Å². The van der Waals surface area contributed by atoms with Crippen molar-refractivity contribution in [2.75, 3.05) is 11.1 Å². The van der Waals surface area contributed by atoms with Crippen molar-refractivity contribution in [1.82, 2.24) is 29.7 Å². The van der Waals surface area contributed by atoms with Gasteiger partial charge in [-0.15, -0.1) is 10.2 Å². The first-order valence-corrected chi connectivity index (χ1v) is 10.6. The molecule has 30 heavy (non-hydrogen) atoms. The highest BCUT2D eigenvalue weighted by molar-refractivity contribution is 7.98. The summed E-state index contributed by atoms with van der Waals surface area (Å²) in [5.74, 6) is 2.49. The second-order valence-corrected chi connectivity index (χ2v) is 7.50. The maximum absolute atomic E-state index is 5.93. The highest BCUT2D eigenvalue weighted by Crippen LogP contribution is 2.25. The molecule has 0 fully saturated rings. The first kappa shape index (κ1) is 19.8. The Morgan fingerprint density at radius 1 is 0.967 bits per heavy atom. The smallest absolute Gasteiger partial charge is 0.232 e. The SMILES string of the molecule is CCc1ccccc1Nc1nc(N)nc(CSc2nnc(C)n2-c2ccccc2)n1. The summed E-state index contributed by atoms with van der Waals surface area (Å²) in [5.41, 5.74) is 9.08. The van der Waals surface area contributed by atoms with Gasteiger partial charge in [0.05, 0.1) is 5.75 Å². The molecular formula is C21H22N8S. The van der Waals surface area contributed by atoms with E-state index < -0.39 is 0 Å². The summed E-state index contributed by atoms with van der Waals surface area (Å²) in [6.45, 7) is 4.04. The van der Waals surface area contributed by atoms with E-state index in [-0.39, 0.29) is 5.95 Å². The summed E-state index contributed by atoms with van der Waals surface area (Å²) in [6, 6.07) is 18.1. The molecule has 8 nitrogen and oxygen atoms in total. The number of benzene rings is 2. The normalized spacial score (nSPS) is 10.9. The van der Waals surface area contributed by atoms with Crippen molar-refractivity contribution in [3.8, 4) is 5.69 Å². The summed E-state index contributed by atoms with van der Waals surface area (Å²) in [7, 11) is 0. The fourth-order valence-electron chi connectivity index (χ4n) is 3.07. The first-order chi connectivity index (χ1) is 14.6. The molecule has 2 aromatic heterocycles. The van der Waals surface area contributed by atoms with Gasteiger partial charge in [0.15, 0.2) is 5.16 Å². The summed E-state index contributed by atoms with van der Waals surface area (Å²) < 4.78 is 2.01.